The van der Waals surface area contributed by atoms with E-state index < -0.39 is 20.8 Å². The van der Waals surface area contributed by atoms with E-state index in [9.17, 15) is 17.6 Å². The number of hydrogen-bond donors (Lipinski definition) is 1. The number of benzene rings is 1. The largest absolute Gasteiger partial charge is 0.349 e. The van der Waals surface area contributed by atoms with Crippen molar-refractivity contribution in [2.45, 2.75) is 38.1 Å². The number of carbonyl (C=O) groups is 1. The fourth-order valence-electron chi connectivity index (χ4n) is 1.99. The highest BCUT2D eigenvalue weighted by Gasteiger charge is 2.46. The molecule has 0 saturated heterocycles. The molecule has 1 amide bonds. The number of nitrogens with one attached hydrogen (secondary N) is 1. The molecule has 0 bridgehead atoms. The molecule has 1 N–H and O–H groups in total. The van der Waals surface area contributed by atoms with Crippen molar-refractivity contribution in [2.75, 3.05) is 0 Å². The molecule has 20 heavy (non-hydrogen) atoms. The van der Waals surface area contributed by atoms with Gasteiger partial charge in [-0.05, 0) is 36.5 Å². The van der Waals surface area contributed by atoms with Crippen molar-refractivity contribution in [3.63, 3.8) is 0 Å². The highest BCUT2D eigenvalue weighted by molar-refractivity contribution is 8.13. The minimum absolute atomic E-state index is 0.00263. The zero-order valence-electron chi connectivity index (χ0n) is 11.3. The zero-order chi connectivity index (χ0) is 15.3. The fraction of sp³-hybridized carbons (Fsp3) is 0.462. The molecule has 1 aromatic carbocycles. The van der Waals surface area contributed by atoms with Crippen molar-refractivity contribution >= 4 is 25.6 Å². The van der Waals surface area contributed by atoms with Gasteiger partial charge in [-0.15, -0.1) is 0 Å². The maximum absolute atomic E-state index is 14.0. The van der Waals surface area contributed by atoms with Crippen molar-refractivity contribution in [1.29, 1.82) is 0 Å². The third-order valence-electron chi connectivity index (χ3n) is 3.57. The zero-order valence-corrected chi connectivity index (χ0v) is 12.9. The van der Waals surface area contributed by atoms with Crippen LogP contribution in [0.25, 0.3) is 0 Å². The maximum Gasteiger partial charge on any atom is 0.261 e. The molecule has 0 aliphatic heterocycles. The predicted molar refractivity (Wildman–Crippen MR) is 73.8 cm³/mol. The Bertz CT molecular complexity index is 685. The molecule has 1 fully saturated rings. The number of aryl methyl sites for hydroxylation is 1. The lowest BCUT2D eigenvalue weighted by atomic mass is 10.1. The molecule has 1 aromatic rings. The third-order valence-corrected chi connectivity index (χ3v) is 4.91. The van der Waals surface area contributed by atoms with Crippen LogP contribution in [0, 0.1) is 18.2 Å². The highest BCUT2D eigenvalue weighted by atomic mass is 35.7. The second-order valence-corrected chi connectivity index (χ2v) is 8.32. The van der Waals surface area contributed by atoms with Gasteiger partial charge in [0.15, 0.2) is 0 Å². The summed E-state index contributed by atoms with van der Waals surface area (Å²) >= 11 is 0. The Morgan fingerprint density at radius 1 is 1.45 bits per heavy atom. The van der Waals surface area contributed by atoms with Crippen LogP contribution in [0.4, 0.5) is 4.39 Å². The van der Waals surface area contributed by atoms with Crippen molar-refractivity contribution < 1.29 is 17.6 Å². The first kappa shape index (κ1) is 15.3. The van der Waals surface area contributed by atoms with Gasteiger partial charge in [-0.1, -0.05) is 13.8 Å². The van der Waals surface area contributed by atoms with Crippen LogP contribution in [0.5, 0.6) is 0 Å². The number of rotatable bonds is 3. The quantitative estimate of drug-likeness (QED) is 0.871. The summed E-state index contributed by atoms with van der Waals surface area (Å²) in [6.07, 6.45) is 0.812. The van der Waals surface area contributed by atoms with E-state index in [1.54, 1.807) is 0 Å². The fourth-order valence-corrected chi connectivity index (χ4v) is 2.84. The van der Waals surface area contributed by atoms with Crippen LogP contribution in [0.3, 0.4) is 0 Å². The van der Waals surface area contributed by atoms with Gasteiger partial charge < -0.3 is 5.32 Å². The molecule has 1 atom stereocenters. The Morgan fingerprint density at radius 3 is 2.45 bits per heavy atom. The number of amides is 1. The topological polar surface area (TPSA) is 63.2 Å². The number of hydrogen-bond acceptors (Lipinski definition) is 3. The van der Waals surface area contributed by atoms with Gasteiger partial charge >= 0.3 is 0 Å². The average Bonchev–Trinajstić information content (AvgIpc) is 2.87. The molecule has 1 aliphatic carbocycles. The van der Waals surface area contributed by atoms with Crippen molar-refractivity contribution in [1.82, 2.24) is 5.32 Å². The predicted octanol–water partition coefficient (Wildman–Crippen LogP) is 2.59. The van der Waals surface area contributed by atoms with E-state index in [0.29, 0.717) is 0 Å². The summed E-state index contributed by atoms with van der Waals surface area (Å²) in [5.41, 5.74) is -0.240. The molecule has 2 rings (SSSR count). The van der Waals surface area contributed by atoms with E-state index in [0.717, 1.165) is 18.6 Å². The van der Waals surface area contributed by atoms with Gasteiger partial charge in [0.1, 0.15) is 5.82 Å². The molecule has 0 heterocycles. The SMILES string of the molecule is Cc1cc(S(=O)(=O)Cl)cc(C(=O)NC2CC2(C)C)c1F. The third kappa shape index (κ3) is 2.96. The van der Waals surface area contributed by atoms with Crippen LogP contribution in [0.15, 0.2) is 17.0 Å². The van der Waals surface area contributed by atoms with E-state index in [2.05, 4.69) is 5.32 Å². The molecule has 110 valence electrons. The average molecular weight is 320 g/mol. The minimum atomic E-state index is -4.01. The summed E-state index contributed by atoms with van der Waals surface area (Å²) < 4.78 is 36.6. The van der Waals surface area contributed by atoms with Gasteiger partial charge in [-0.25, -0.2) is 12.8 Å². The molecule has 1 unspecified atom stereocenters. The normalized spacial score (nSPS) is 20.6. The summed E-state index contributed by atoms with van der Waals surface area (Å²) in [7, 11) is 1.23. The van der Waals surface area contributed by atoms with Crippen LogP contribution in [0.1, 0.15) is 36.2 Å². The van der Waals surface area contributed by atoms with Gasteiger partial charge in [0.25, 0.3) is 15.0 Å². The molecule has 0 aromatic heterocycles. The lowest BCUT2D eigenvalue weighted by Gasteiger charge is -2.10. The first-order chi connectivity index (χ1) is 9.02. The minimum Gasteiger partial charge on any atom is -0.349 e. The Hall–Kier alpha value is -1.14. The Morgan fingerprint density at radius 2 is 2.00 bits per heavy atom. The van der Waals surface area contributed by atoms with Crippen molar-refractivity contribution in [3.8, 4) is 0 Å². The molecular formula is C13H15ClFNO3S. The standard InChI is InChI=1S/C13H15ClFNO3S/c1-7-4-8(20(14,18)19)5-9(11(7)15)12(17)16-10-6-13(10,2)3/h4-5,10H,6H2,1-3H3,(H,16,17). The van der Waals surface area contributed by atoms with Gasteiger partial charge in [-0.2, -0.15) is 0 Å². The van der Waals surface area contributed by atoms with E-state index in [1.807, 2.05) is 13.8 Å². The Labute approximate surface area is 121 Å². The van der Waals surface area contributed by atoms with Crippen molar-refractivity contribution in [3.05, 3.63) is 29.1 Å². The second-order valence-electron chi connectivity index (χ2n) is 5.76. The van der Waals surface area contributed by atoms with Gasteiger partial charge in [0.2, 0.25) is 0 Å². The van der Waals surface area contributed by atoms with Gasteiger partial charge in [0.05, 0.1) is 10.5 Å². The van der Waals surface area contributed by atoms with Crippen LogP contribution in [0.2, 0.25) is 0 Å². The molecular weight excluding hydrogens is 305 g/mol. The smallest absolute Gasteiger partial charge is 0.261 e. The van der Waals surface area contributed by atoms with Gasteiger partial charge in [0, 0.05) is 16.7 Å². The van der Waals surface area contributed by atoms with E-state index in [4.69, 9.17) is 10.7 Å². The summed E-state index contributed by atoms with van der Waals surface area (Å²) in [5, 5.41) is 2.69. The monoisotopic (exact) mass is 319 g/mol. The summed E-state index contributed by atoms with van der Waals surface area (Å²) in [6.45, 7) is 5.36. The molecule has 4 nitrogen and oxygen atoms in total. The van der Waals surface area contributed by atoms with Crippen LogP contribution in [-0.2, 0) is 9.05 Å². The Kier molecular flexibility index (Phi) is 3.59. The van der Waals surface area contributed by atoms with E-state index >= 15 is 0 Å². The first-order valence-electron chi connectivity index (χ1n) is 6.08. The lowest BCUT2D eigenvalue weighted by molar-refractivity contribution is 0.0942. The lowest BCUT2D eigenvalue weighted by Crippen LogP contribution is -2.29. The highest BCUT2D eigenvalue weighted by Crippen LogP contribution is 2.44. The van der Waals surface area contributed by atoms with E-state index in [-0.39, 0.29) is 27.5 Å². The van der Waals surface area contributed by atoms with Crippen LogP contribution < -0.4 is 5.32 Å². The summed E-state index contributed by atoms with van der Waals surface area (Å²) in [4.78, 5) is 11.8. The van der Waals surface area contributed by atoms with E-state index in [1.165, 1.54) is 6.92 Å². The Balaban J connectivity index is 2.36. The molecule has 7 heteroatoms. The molecule has 1 aliphatic rings. The second kappa shape index (κ2) is 4.70. The number of carbonyl (C=O) groups excluding carboxylic acids is 1. The summed E-state index contributed by atoms with van der Waals surface area (Å²) in [5.74, 6) is -1.35. The van der Waals surface area contributed by atoms with Crippen molar-refractivity contribution in [2.24, 2.45) is 5.41 Å². The van der Waals surface area contributed by atoms with Gasteiger partial charge in [-0.3, -0.25) is 4.79 Å². The maximum atomic E-state index is 14.0. The number of halogens is 2. The molecule has 0 spiro atoms. The first-order valence-corrected chi connectivity index (χ1v) is 8.39. The van der Waals surface area contributed by atoms with Crippen LogP contribution >= 0.6 is 10.7 Å². The molecule has 1 saturated carbocycles. The van der Waals surface area contributed by atoms with Crippen LogP contribution in [-0.4, -0.2) is 20.4 Å². The molecule has 0 radical (unpaired) electrons. The summed E-state index contributed by atoms with van der Waals surface area (Å²) in [6, 6.07) is 2.05.